The molecule has 0 aliphatic heterocycles. The van der Waals surface area contributed by atoms with Crippen molar-refractivity contribution in [2.24, 2.45) is 0 Å². The van der Waals surface area contributed by atoms with E-state index in [1.54, 1.807) is 20.1 Å². The average molecular weight is 263 g/mol. The molecule has 2 aromatic rings. The molecular formula is C15H18FNO2. The van der Waals surface area contributed by atoms with Gasteiger partial charge in [-0.25, -0.2) is 4.39 Å². The van der Waals surface area contributed by atoms with Crippen LogP contribution in [-0.4, -0.2) is 13.2 Å². The van der Waals surface area contributed by atoms with Crippen LogP contribution in [0.4, 0.5) is 4.39 Å². The third-order valence-corrected chi connectivity index (χ3v) is 3.59. The first-order valence-corrected chi connectivity index (χ1v) is 6.62. The zero-order chi connectivity index (χ0) is 13.4. The van der Waals surface area contributed by atoms with E-state index < -0.39 is 0 Å². The second-order valence-corrected chi connectivity index (χ2v) is 5.17. The highest BCUT2D eigenvalue weighted by molar-refractivity contribution is 5.83. The van der Waals surface area contributed by atoms with E-state index in [4.69, 9.17) is 9.15 Å². The summed E-state index contributed by atoms with van der Waals surface area (Å²) in [7, 11) is 1.64. The third kappa shape index (κ3) is 2.38. The molecule has 1 aliphatic carbocycles. The number of methoxy groups -OCH3 is 1. The van der Waals surface area contributed by atoms with Crippen LogP contribution in [0.1, 0.15) is 29.7 Å². The first-order chi connectivity index (χ1) is 9.20. The summed E-state index contributed by atoms with van der Waals surface area (Å²) in [6.07, 6.45) is 2.43. The lowest BCUT2D eigenvalue weighted by atomic mass is 10.1. The maximum absolute atomic E-state index is 14.1. The van der Waals surface area contributed by atoms with Gasteiger partial charge in [-0.3, -0.25) is 0 Å². The topological polar surface area (TPSA) is 34.4 Å². The van der Waals surface area contributed by atoms with Crippen LogP contribution in [0.3, 0.4) is 0 Å². The van der Waals surface area contributed by atoms with Gasteiger partial charge < -0.3 is 14.5 Å². The van der Waals surface area contributed by atoms with Crippen LogP contribution >= 0.6 is 0 Å². The van der Waals surface area contributed by atoms with E-state index in [9.17, 15) is 4.39 Å². The van der Waals surface area contributed by atoms with Gasteiger partial charge in [0.1, 0.15) is 5.76 Å². The normalized spacial score (nSPS) is 15.3. The molecule has 102 valence electrons. The number of furan rings is 1. The van der Waals surface area contributed by atoms with Gasteiger partial charge in [0.15, 0.2) is 11.4 Å². The minimum absolute atomic E-state index is 0.271. The molecule has 1 aromatic heterocycles. The van der Waals surface area contributed by atoms with Crippen molar-refractivity contribution in [3.63, 3.8) is 0 Å². The zero-order valence-electron chi connectivity index (χ0n) is 11.3. The summed E-state index contributed by atoms with van der Waals surface area (Å²) in [5.41, 5.74) is 1.90. The Bertz CT molecular complexity index is 602. The third-order valence-electron chi connectivity index (χ3n) is 3.59. The molecule has 1 aromatic carbocycles. The summed E-state index contributed by atoms with van der Waals surface area (Å²) < 4.78 is 25.0. The predicted molar refractivity (Wildman–Crippen MR) is 71.5 cm³/mol. The monoisotopic (exact) mass is 263 g/mol. The Morgan fingerprint density at radius 2 is 2.21 bits per heavy atom. The van der Waals surface area contributed by atoms with Crippen molar-refractivity contribution in [3.8, 4) is 0 Å². The Hall–Kier alpha value is -1.39. The summed E-state index contributed by atoms with van der Waals surface area (Å²) >= 11 is 0. The van der Waals surface area contributed by atoms with Gasteiger partial charge in [0, 0.05) is 24.1 Å². The highest BCUT2D eigenvalue weighted by Gasteiger charge is 2.23. The Morgan fingerprint density at radius 3 is 2.89 bits per heavy atom. The van der Waals surface area contributed by atoms with Crippen LogP contribution in [0.25, 0.3) is 11.0 Å². The molecular weight excluding hydrogens is 245 g/mol. The SMILES string of the molecule is COCc1c(CNC2CC2)oc2c(F)c(C)ccc12. The first-order valence-electron chi connectivity index (χ1n) is 6.62. The zero-order valence-corrected chi connectivity index (χ0v) is 11.3. The van der Waals surface area contributed by atoms with E-state index in [1.807, 2.05) is 6.07 Å². The molecule has 1 aliphatic rings. The van der Waals surface area contributed by atoms with Gasteiger partial charge in [-0.15, -0.1) is 0 Å². The fourth-order valence-corrected chi connectivity index (χ4v) is 2.30. The highest BCUT2D eigenvalue weighted by atomic mass is 19.1. The van der Waals surface area contributed by atoms with Crippen LogP contribution in [-0.2, 0) is 17.9 Å². The molecule has 1 heterocycles. The molecule has 1 N–H and O–H groups in total. The molecule has 1 saturated carbocycles. The van der Waals surface area contributed by atoms with Gasteiger partial charge in [0.2, 0.25) is 0 Å². The first kappa shape index (κ1) is 12.6. The molecule has 0 bridgehead atoms. The Kier molecular flexibility index (Phi) is 3.29. The van der Waals surface area contributed by atoms with E-state index in [1.165, 1.54) is 12.8 Å². The van der Waals surface area contributed by atoms with Crippen molar-refractivity contribution in [2.75, 3.05) is 7.11 Å². The molecule has 0 spiro atoms. The van der Waals surface area contributed by atoms with Gasteiger partial charge in [0.25, 0.3) is 0 Å². The molecule has 3 rings (SSSR count). The van der Waals surface area contributed by atoms with E-state index in [2.05, 4.69) is 5.32 Å². The summed E-state index contributed by atoms with van der Waals surface area (Å²) in [4.78, 5) is 0. The minimum atomic E-state index is -0.271. The molecule has 19 heavy (non-hydrogen) atoms. The van der Waals surface area contributed by atoms with Crippen molar-refractivity contribution >= 4 is 11.0 Å². The van der Waals surface area contributed by atoms with Gasteiger partial charge >= 0.3 is 0 Å². The Balaban J connectivity index is 2.02. The van der Waals surface area contributed by atoms with Crippen molar-refractivity contribution in [2.45, 2.75) is 39.0 Å². The lowest BCUT2D eigenvalue weighted by Gasteiger charge is -2.03. The second kappa shape index (κ2) is 4.94. The lowest BCUT2D eigenvalue weighted by Crippen LogP contribution is -2.15. The molecule has 0 saturated heterocycles. The maximum Gasteiger partial charge on any atom is 0.170 e. The summed E-state index contributed by atoms with van der Waals surface area (Å²) in [6.45, 7) is 2.82. The molecule has 4 heteroatoms. The Morgan fingerprint density at radius 1 is 1.42 bits per heavy atom. The Labute approximate surface area is 111 Å². The van der Waals surface area contributed by atoms with E-state index in [0.29, 0.717) is 30.3 Å². The van der Waals surface area contributed by atoms with Crippen molar-refractivity contribution < 1.29 is 13.5 Å². The number of rotatable bonds is 5. The highest BCUT2D eigenvalue weighted by Crippen LogP contribution is 2.31. The number of hydrogen-bond donors (Lipinski definition) is 1. The minimum Gasteiger partial charge on any atom is -0.456 e. The molecule has 0 radical (unpaired) electrons. The molecule has 0 atom stereocenters. The quantitative estimate of drug-likeness (QED) is 0.899. The molecule has 3 nitrogen and oxygen atoms in total. The number of aryl methyl sites for hydroxylation is 1. The van der Waals surface area contributed by atoms with Crippen LogP contribution in [0.15, 0.2) is 16.5 Å². The standard InChI is InChI=1S/C15H18FNO2/c1-9-3-6-11-12(8-18-2)13(7-17-10-4-5-10)19-15(11)14(9)16/h3,6,10,17H,4-5,7-8H2,1-2H3. The van der Waals surface area contributed by atoms with E-state index >= 15 is 0 Å². The van der Waals surface area contributed by atoms with Gasteiger partial charge in [-0.05, 0) is 25.3 Å². The summed E-state index contributed by atoms with van der Waals surface area (Å²) in [6, 6.07) is 4.28. The predicted octanol–water partition coefficient (Wildman–Crippen LogP) is 3.28. The van der Waals surface area contributed by atoms with Gasteiger partial charge in [-0.2, -0.15) is 0 Å². The second-order valence-electron chi connectivity index (χ2n) is 5.17. The fraction of sp³-hybridized carbons (Fsp3) is 0.467. The van der Waals surface area contributed by atoms with E-state index in [-0.39, 0.29) is 5.82 Å². The van der Waals surface area contributed by atoms with Crippen molar-refractivity contribution in [1.82, 2.24) is 5.32 Å². The van der Waals surface area contributed by atoms with E-state index in [0.717, 1.165) is 16.7 Å². The smallest absolute Gasteiger partial charge is 0.170 e. The summed E-state index contributed by atoms with van der Waals surface area (Å²) in [5.74, 6) is 0.515. The number of halogens is 1. The van der Waals surface area contributed by atoms with Gasteiger partial charge in [-0.1, -0.05) is 12.1 Å². The maximum atomic E-state index is 14.1. The molecule has 1 fully saturated rings. The lowest BCUT2D eigenvalue weighted by molar-refractivity contribution is 0.183. The van der Waals surface area contributed by atoms with Crippen molar-refractivity contribution in [1.29, 1.82) is 0 Å². The number of hydrogen-bond acceptors (Lipinski definition) is 3. The number of fused-ring (bicyclic) bond motifs is 1. The average Bonchev–Trinajstić information content (AvgIpc) is 3.16. The number of nitrogens with one attached hydrogen (secondary N) is 1. The fourth-order valence-electron chi connectivity index (χ4n) is 2.30. The largest absolute Gasteiger partial charge is 0.456 e. The van der Waals surface area contributed by atoms with Crippen molar-refractivity contribution in [3.05, 3.63) is 34.8 Å². The van der Waals surface area contributed by atoms with Crippen LogP contribution in [0, 0.1) is 12.7 Å². The number of ether oxygens (including phenoxy) is 1. The molecule has 0 unspecified atom stereocenters. The molecule has 0 amide bonds. The number of benzene rings is 1. The van der Waals surface area contributed by atoms with Gasteiger partial charge in [0.05, 0.1) is 13.2 Å². The van der Waals surface area contributed by atoms with Crippen LogP contribution in [0.5, 0.6) is 0 Å². The van der Waals surface area contributed by atoms with Crippen LogP contribution in [0.2, 0.25) is 0 Å². The van der Waals surface area contributed by atoms with Crippen LogP contribution < -0.4 is 5.32 Å². The summed E-state index contributed by atoms with van der Waals surface area (Å²) in [5, 5.41) is 4.21.